The van der Waals surface area contributed by atoms with Crippen molar-refractivity contribution < 1.29 is 32.7 Å². The van der Waals surface area contributed by atoms with E-state index in [1.54, 1.807) is 0 Å². The van der Waals surface area contributed by atoms with E-state index in [-0.39, 0.29) is 32.7 Å². The summed E-state index contributed by atoms with van der Waals surface area (Å²) in [5.41, 5.74) is 1.35. The van der Waals surface area contributed by atoms with Crippen LogP contribution < -0.4 is 4.90 Å². The van der Waals surface area contributed by atoms with E-state index >= 15 is 0 Å². The third-order valence-corrected chi connectivity index (χ3v) is 2.92. The van der Waals surface area contributed by atoms with E-state index in [9.17, 15) is 0 Å². The molecule has 1 aromatic rings. The van der Waals surface area contributed by atoms with Gasteiger partial charge >= 0.3 is 0 Å². The third kappa shape index (κ3) is 4.88. The average Bonchev–Trinajstić information content (AvgIpc) is 2.20. The zero-order chi connectivity index (χ0) is 10.4. The average molecular weight is 296 g/mol. The zero-order valence-electron chi connectivity index (χ0n) is 9.66. The largest absolute Gasteiger partial charge is 0.394 e. The van der Waals surface area contributed by atoms with E-state index in [1.807, 2.05) is 38.1 Å². The van der Waals surface area contributed by atoms with Crippen molar-refractivity contribution in [3.8, 4) is 0 Å². The molecule has 0 unspecified atom stereocenters. The van der Waals surface area contributed by atoms with Crippen LogP contribution in [0.25, 0.3) is 0 Å². The maximum atomic E-state index is 3.09. The Hall–Kier alpha value is 0.474. The first-order valence-corrected chi connectivity index (χ1v) is 5.86. The molecule has 1 radical (unpaired) electrons. The number of nitrogens with zero attached hydrogens (tertiary/aromatic N) is 1. The van der Waals surface area contributed by atoms with Gasteiger partial charge in [-0.15, -0.1) is 6.07 Å². The maximum absolute atomic E-state index is 3.09. The number of thioether (sulfide) groups is 1. The van der Waals surface area contributed by atoms with Gasteiger partial charge in [-0.3, -0.25) is 0 Å². The number of anilines is 1. The first-order chi connectivity index (χ1) is 6.79. The van der Waals surface area contributed by atoms with Crippen molar-refractivity contribution in [2.75, 3.05) is 24.2 Å². The summed E-state index contributed by atoms with van der Waals surface area (Å²) in [5, 5.41) is 0. The molecule has 0 saturated heterocycles. The molecule has 1 heterocycles. The van der Waals surface area contributed by atoms with E-state index < -0.39 is 0 Å². The van der Waals surface area contributed by atoms with Crippen LogP contribution >= 0.6 is 11.8 Å². The molecule has 15 heavy (non-hydrogen) atoms. The normalized spacial score (nSPS) is 13.1. The summed E-state index contributed by atoms with van der Waals surface area (Å²) in [6, 6.07) is 9.26. The summed E-state index contributed by atoms with van der Waals surface area (Å²) in [6.07, 6.45) is 2.00. The van der Waals surface area contributed by atoms with Gasteiger partial charge in [0.1, 0.15) is 0 Å². The summed E-state index contributed by atoms with van der Waals surface area (Å²) in [7, 11) is 2.14. The summed E-state index contributed by atoms with van der Waals surface area (Å²) in [5.74, 6) is 1.20. The van der Waals surface area contributed by atoms with Crippen LogP contribution in [0.1, 0.15) is 13.8 Å². The Kier molecular flexibility index (Phi) is 8.88. The molecule has 0 aromatic heterocycles. The summed E-state index contributed by atoms with van der Waals surface area (Å²) in [6.45, 7) is 5.15. The Labute approximate surface area is 123 Å². The molecule has 1 nitrogen and oxygen atoms in total. The van der Waals surface area contributed by atoms with Crippen molar-refractivity contribution in [1.82, 2.24) is 0 Å². The summed E-state index contributed by atoms with van der Waals surface area (Å²) < 4.78 is 0. The minimum Gasteiger partial charge on any atom is -0.394 e. The van der Waals surface area contributed by atoms with Gasteiger partial charge in [0.05, 0.1) is 0 Å². The minimum atomic E-state index is 0. The summed E-state index contributed by atoms with van der Waals surface area (Å²) >= 11 is 1.92. The molecule has 1 aliphatic heterocycles. The quantitative estimate of drug-likeness (QED) is 0.676. The van der Waals surface area contributed by atoms with E-state index in [0.29, 0.717) is 0 Å². The predicted molar refractivity (Wildman–Crippen MR) is 64.9 cm³/mol. The fraction of sp³-hybridized carbons (Fsp3) is 0.417. The van der Waals surface area contributed by atoms with Crippen molar-refractivity contribution in [3.63, 3.8) is 0 Å². The molecular formula is C12H17NSY-2. The predicted octanol–water partition coefficient (Wildman–Crippen LogP) is 3.26. The summed E-state index contributed by atoms with van der Waals surface area (Å²) in [4.78, 5) is 3.65. The van der Waals surface area contributed by atoms with Gasteiger partial charge in [-0.05, 0) is 0 Å². The molecular weight excluding hydrogens is 279 g/mol. The number of hydrogen-bond acceptors (Lipinski definition) is 2. The third-order valence-electron chi connectivity index (χ3n) is 1.90. The monoisotopic (exact) mass is 296 g/mol. The van der Waals surface area contributed by atoms with Crippen LogP contribution in [0, 0.1) is 12.5 Å². The van der Waals surface area contributed by atoms with Gasteiger partial charge in [-0.1, -0.05) is 10.6 Å². The molecule has 0 aliphatic carbocycles. The Bertz CT molecular complexity index is 278. The Morgan fingerprint density at radius 2 is 2.13 bits per heavy atom. The molecule has 0 amide bonds. The smallest absolute Gasteiger partial charge is 0.0237 e. The zero-order valence-corrected chi connectivity index (χ0v) is 13.3. The Balaban J connectivity index is 0.000000443. The molecule has 0 fully saturated rings. The van der Waals surface area contributed by atoms with Gasteiger partial charge in [-0.2, -0.15) is 43.8 Å². The minimum absolute atomic E-state index is 0. The van der Waals surface area contributed by atoms with Gasteiger partial charge in [-0.25, -0.2) is 0 Å². The molecule has 1 aromatic carbocycles. The van der Waals surface area contributed by atoms with Crippen LogP contribution in [0.5, 0.6) is 0 Å². The second-order valence-corrected chi connectivity index (χ2v) is 4.38. The molecule has 0 atom stereocenters. The van der Waals surface area contributed by atoms with Crippen LogP contribution in [0.4, 0.5) is 5.69 Å². The molecule has 81 valence electrons. The van der Waals surface area contributed by atoms with Crippen LogP contribution in [0.3, 0.4) is 0 Å². The van der Waals surface area contributed by atoms with Crippen molar-refractivity contribution in [2.45, 2.75) is 18.7 Å². The van der Waals surface area contributed by atoms with Gasteiger partial charge in [0.25, 0.3) is 0 Å². The van der Waals surface area contributed by atoms with Gasteiger partial charge in [0.15, 0.2) is 0 Å². The van der Waals surface area contributed by atoms with Crippen LogP contribution in [-0.4, -0.2) is 19.3 Å². The molecule has 0 spiro atoms. The van der Waals surface area contributed by atoms with Crippen molar-refractivity contribution in [2.24, 2.45) is 0 Å². The maximum Gasteiger partial charge on any atom is 0.0237 e. The van der Waals surface area contributed by atoms with Crippen molar-refractivity contribution in [3.05, 3.63) is 30.7 Å². The number of benzene rings is 1. The second kappa shape index (κ2) is 8.61. The standard InChI is InChI=1S/C9H10NS.C3H7.Y/c1-10-6-7-11-9-5-3-2-4-8(9)10;1-3-2;/h2,4-5H,6-7H2,1H3;3H,1-2H3;/q2*-1;. The molecule has 2 rings (SSSR count). The number of fused-ring (bicyclic) bond motifs is 1. The SMILES string of the molecule is CN1CCSc2c[c-]ccc21.C[CH-]C.[Y]. The first-order valence-electron chi connectivity index (χ1n) is 4.87. The molecule has 1 aliphatic rings. The fourth-order valence-electron chi connectivity index (χ4n) is 1.25. The van der Waals surface area contributed by atoms with Crippen molar-refractivity contribution in [1.29, 1.82) is 0 Å². The molecule has 0 N–H and O–H groups in total. The van der Waals surface area contributed by atoms with Crippen molar-refractivity contribution >= 4 is 17.4 Å². The second-order valence-electron chi connectivity index (χ2n) is 3.24. The van der Waals surface area contributed by atoms with Crippen LogP contribution in [0.2, 0.25) is 0 Å². The number of rotatable bonds is 0. The van der Waals surface area contributed by atoms with Crippen LogP contribution in [0.15, 0.2) is 23.1 Å². The van der Waals surface area contributed by atoms with E-state index in [4.69, 9.17) is 0 Å². The molecule has 0 bridgehead atoms. The fourth-order valence-corrected chi connectivity index (χ4v) is 2.36. The van der Waals surface area contributed by atoms with Gasteiger partial charge in [0.2, 0.25) is 0 Å². The van der Waals surface area contributed by atoms with E-state index in [1.165, 1.54) is 16.3 Å². The molecule has 3 heteroatoms. The van der Waals surface area contributed by atoms with Crippen LogP contribution in [-0.2, 0) is 32.7 Å². The van der Waals surface area contributed by atoms with Gasteiger partial charge in [0, 0.05) is 52.1 Å². The Morgan fingerprint density at radius 1 is 1.47 bits per heavy atom. The molecule has 0 saturated carbocycles. The first kappa shape index (κ1) is 15.5. The topological polar surface area (TPSA) is 3.24 Å². The Morgan fingerprint density at radius 3 is 2.73 bits per heavy atom. The van der Waals surface area contributed by atoms with Gasteiger partial charge < -0.3 is 11.3 Å². The van der Waals surface area contributed by atoms with E-state index in [2.05, 4.69) is 30.1 Å². The van der Waals surface area contributed by atoms with E-state index in [0.717, 1.165) is 6.54 Å². The number of hydrogen-bond donors (Lipinski definition) is 0.